The molecule has 1 amide bonds. The molecule has 3 rings (SSSR count). The highest BCUT2D eigenvalue weighted by Crippen LogP contribution is 2.27. The molecule has 1 atom stereocenters. The van der Waals surface area contributed by atoms with E-state index in [1.54, 1.807) is 0 Å². The molecule has 1 saturated heterocycles. The fourth-order valence-corrected chi connectivity index (χ4v) is 3.33. The van der Waals surface area contributed by atoms with Gasteiger partial charge in [0.2, 0.25) is 0 Å². The number of rotatable bonds is 3. The van der Waals surface area contributed by atoms with Crippen molar-refractivity contribution >= 4 is 17.3 Å². The molecular formula is C17H23N3O. The van der Waals surface area contributed by atoms with Gasteiger partial charge < -0.3 is 4.90 Å². The highest BCUT2D eigenvalue weighted by Gasteiger charge is 2.38. The minimum Gasteiger partial charge on any atom is -0.334 e. The number of likely N-dealkylation sites (tertiary alicyclic amines) is 1. The van der Waals surface area contributed by atoms with Gasteiger partial charge in [-0.1, -0.05) is 44.4 Å². The summed E-state index contributed by atoms with van der Waals surface area (Å²) in [5.41, 5.74) is 4.60. The molecule has 0 radical (unpaired) electrons. The average Bonchev–Trinajstić information content (AvgIpc) is 2.82. The predicted octanol–water partition coefficient (Wildman–Crippen LogP) is 3.27. The third-order valence-electron chi connectivity index (χ3n) is 4.51. The molecule has 2 aliphatic rings. The molecule has 0 spiro atoms. The first kappa shape index (κ1) is 14.1. The van der Waals surface area contributed by atoms with Crippen LogP contribution in [0.2, 0.25) is 0 Å². The van der Waals surface area contributed by atoms with Crippen molar-refractivity contribution in [2.45, 2.75) is 45.1 Å². The molecule has 112 valence electrons. The summed E-state index contributed by atoms with van der Waals surface area (Å²) in [7, 11) is 0. The van der Waals surface area contributed by atoms with Crippen molar-refractivity contribution in [1.29, 1.82) is 0 Å². The Kier molecular flexibility index (Phi) is 4.23. The van der Waals surface area contributed by atoms with Crippen LogP contribution in [0.15, 0.2) is 35.4 Å². The molecule has 4 nitrogen and oxygen atoms in total. The Hall–Kier alpha value is -1.84. The van der Waals surface area contributed by atoms with E-state index < -0.39 is 0 Å². The molecule has 1 aromatic carbocycles. The summed E-state index contributed by atoms with van der Waals surface area (Å²) < 4.78 is 0. The number of anilines is 1. The topological polar surface area (TPSA) is 44.7 Å². The number of hydrogen-bond donors (Lipinski definition) is 1. The third-order valence-corrected chi connectivity index (χ3v) is 4.51. The van der Waals surface area contributed by atoms with Crippen LogP contribution in [-0.2, 0) is 4.79 Å². The van der Waals surface area contributed by atoms with Crippen LogP contribution in [0.1, 0.15) is 39.0 Å². The van der Waals surface area contributed by atoms with E-state index in [0.717, 1.165) is 25.1 Å². The number of amides is 1. The maximum atomic E-state index is 12.6. The molecule has 1 N–H and O–H groups in total. The molecule has 0 unspecified atom stereocenters. The van der Waals surface area contributed by atoms with Gasteiger partial charge in [0.05, 0.1) is 5.69 Å². The Morgan fingerprint density at radius 3 is 2.57 bits per heavy atom. The van der Waals surface area contributed by atoms with E-state index in [-0.39, 0.29) is 11.8 Å². The van der Waals surface area contributed by atoms with Crippen LogP contribution >= 0.6 is 0 Å². The lowest BCUT2D eigenvalue weighted by atomic mass is 9.94. The lowest BCUT2D eigenvalue weighted by Gasteiger charge is -2.30. The Bertz CT molecular complexity index is 520. The minimum atomic E-state index is 0.123. The Morgan fingerprint density at radius 2 is 1.86 bits per heavy atom. The van der Waals surface area contributed by atoms with Crippen molar-refractivity contribution in [3.05, 3.63) is 30.3 Å². The van der Waals surface area contributed by atoms with E-state index in [1.807, 2.05) is 30.3 Å². The van der Waals surface area contributed by atoms with E-state index in [2.05, 4.69) is 22.4 Å². The number of benzene rings is 1. The third kappa shape index (κ3) is 3.09. The van der Waals surface area contributed by atoms with Gasteiger partial charge >= 0.3 is 0 Å². The first-order valence-electron chi connectivity index (χ1n) is 7.95. The fraction of sp³-hybridized carbons (Fsp3) is 0.529. The summed E-state index contributed by atoms with van der Waals surface area (Å²) in [6.07, 6.45) is 6.11. The van der Waals surface area contributed by atoms with Gasteiger partial charge in [-0.15, -0.1) is 0 Å². The van der Waals surface area contributed by atoms with Gasteiger partial charge in [-0.25, -0.2) is 0 Å². The number of carbonyl (C=O) groups excluding carboxylic acids is 1. The Balaban J connectivity index is 1.69. The molecule has 1 aliphatic heterocycles. The quantitative estimate of drug-likeness (QED) is 0.866. The van der Waals surface area contributed by atoms with Gasteiger partial charge in [-0.2, -0.15) is 5.10 Å². The Labute approximate surface area is 126 Å². The summed E-state index contributed by atoms with van der Waals surface area (Å²) >= 11 is 0. The summed E-state index contributed by atoms with van der Waals surface area (Å²) in [5, 5.41) is 4.38. The maximum Gasteiger partial charge on any atom is 0.270 e. The fourth-order valence-electron chi connectivity index (χ4n) is 3.33. The van der Waals surface area contributed by atoms with Crippen LogP contribution < -0.4 is 5.43 Å². The van der Waals surface area contributed by atoms with Crippen LogP contribution in [-0.4, -0.2) is 29.1 Å². The molecule has 1 heterocycles. The monoisotopic (exact) mass is 285 g/mol. The van der Waals surface area contributed by atoms with Crippen LogP contribution in [0.3, 0.4) is 0 Å². The number of para-hydroxylation sites is 1. The first-order chi connectivity index (χ1) is 10.3. The molecule has 2 fully saturated rings. The summed E-state index contributed by atoms with van der Waals surface area (Å²) in [6, 6.07) is 10.2. The van der Waals surface area contributed by atoms with Crippen LogP contribution in [0, 0.1) is 5.92 Å². The zero-order valence-corrected chi connectivity index (χ0v) is 12.6. The van der Waals surface area contributed by atoms with Gasteiger partial charge in [-0.05, 0) is 25.0 Å². The SMILES string of the molecule is C[C@H]1CN(C2CCCCC2)C(=O)/C1=N/Nc1ccccc1. The van der Waals surface area contributed by atoms with Gasteiger partial charge in [0.1, 0.15) is 5.71 Å². The van der Waals surface area contributed by atoms with Crippen molar-refractivity contribution in [1.82, 2.24) is 4.90 Å². The summed E-state index contributed by atoms with van der Waals surface area (Å²) in [5.74, 6) is 0.327. The summed E-state index contributed by atoms with van der Waals surface area (Å²) in [4.78, 5) is 14.6. The normalized spacial score (nSPS) is 25.6. The molecule has 21 heavy (non-hydrogen) atoms. The lowest BCUT2D eigenvalue weighted by Crippen LogP contribution is -2.39. The smallest absolute Gasteiger partial charge is 0.270 e. The maximum absolute atomic E-state index is 12.6. The molecule has 4 heteroatoms. The van der Waals surface area contributed by atoms with E-state index in [0.29, 0.717) is 11.8 Å². The molecule has 1 aliphatic carbocycles. The van der Waals surface area contributed by atoms with E-state index in [4.69, 9.17) is 0 Å². The zero-order valence-electron chi connectivity index (χ0n) is 12.6. The van der Waals surface area contributed by atoms with Crippen LogP contribution in [0.25, 0.3) is 0 Å². The average molecular weight is 285 g/mol. The van der Waals surface area contributed by atoms with Gasteiger partial charge in [-0.3, -0.25) is 10.2 Å². The van der Waals surface area contributed by atoms with Crippen LogP contribution in [0.4, 0.5) is 5.69 Å². The highest BCUT2D eigenvalue weighted by molar-refractivity contribution is 6.41. The molecule has 1 saturated carbocycles. The highest BCUT2D eigenvalue weighted by atomic mass is 16.2. The van der Waals surface area contributed by atoms with Crippen LogP contribution in [0.5, 0.6) is 0 Å². The number of hydrogen-bond acceptors (Lipinski definition) is 3. The van der Waals surface area contributed by atoms with Crippen molar-refractivity contribution in [3.8, 4) is 0 Å². The number of nitrogens with zero attached hydrogens (tertiary/aromatic N) is 2. The number of hydrazone groups is 1. The lowest BCUT2D eigenvalue weighted by molar-refractivity contribution is -0.125. The van der Waals surface area contributed by atoms with E-state index in [9.17, 15) is 4.79 Å². The van der Waals surface area contributed by atoms with Gasteiger partial charge in [0.15, 0.2) is 0 Å². The zero-order chi connectivity index (χ0) is 14.7. The van der Waals surface area contributed by atoms with Crippen molar-refractivity contribution in [2.24, 2.45) is 11.0 Å². The molecule has 0 aromatic heterocycles. The number of nitrogens with one attached hydrogen (secondary N) is 1. The van der Waals surface area contributed by atoms with Gasteiger partial charge in [0, 0.05) is 18.5 Å². The minimum absolute atomic E-state index is 0.123. The summed E-state index contributed by atoms with van der Waals surface area (Å²) in [6.45, 7) is 2.91. The predicted molar refractivity (Wildman–Crippen MR) is 85.2 cm³/mol. The number of carbonyl (C=O) groups is 1. The standard InChI is InChI=1S/C17H23N3O/c1-13-12-20(15-10-6-3-7-11-15)17(21)16(13)19-18-14-8-4-2-5-9-14/h2,4-5,8-9,13,15,18H,3,6-7,10-12H2,1H3/b19-16+/t13-/m0/s1. The van der Waals surface area contributed by atoms with E-state index >= 15 is 0 Å². The first-order valence-corrected chi connectivity index (χ1v) is 7.95. The van der Waals surface area contributed by atoms with Gasteiger partial charge in [0.25, 0.3) is 5.91 Å². The molecule has 1 aromatic rings. The Morgan fingerprint density at radius 1 is 1.14 bits per heavy atom. The van der Waals surface area contributed by atoms with Crippen molar-refractivity contribution in [3.63, 3.8) is 0 Å². The van der Waals surface area contributed by atoms with Crippen molar-refractivity contribution in [2.75, 3.05) is 12.0 Å². The second-order valence-corrected chi connectivity index (χ2v) is 6.13. The van der Waals surface area contributed by atoms with Crippen molar-refractivity contribution < 1.29 is 4.79 Å². The second kappa shape index (κ2) is 6.29. The molecule has 0 bridgehead atoms. The second-order valence-electron chi connectivity index (χ2n) is 6.13. The largest absolute Gasteiger partial charge is 0.334 e. The van der Waals surface area contributed by atoms with E-state index in [1.165, 1.54) is 19.3 Å². The molecular weight excluding hydrogens is 262 g/mol.